The third kappa shape index (κ3) is 7.81. The van der Waals surface area contributed by atoms with Gasteiger partial charge in [-0.15, -0.1) is 0 Å². The van der Waals surface area contributed by atoms with Crippen LogP contribution in [0.3, 0.4) is 0 Å². The zero-order valence-electron chi connectivity index (χ0n) is 18.9. The lowest BCUT2D eigenvalue weighted by Gasteiger charge is -2.23. The smallest absolute Gasteiger partial charge is 0.280 e. The molecule has 8 nitrogen and oxygen atoms in total. The Hall–Kier alpha value is -3.20. The Bertz CT molecular complexity index is 917. The van der Waals surface area contributed by atoms with E-state index < -0.39 is 18.1 Å². The van der Waals surface area contributed by atoms with E-state index in [1.54, 1.807) is 37.5 Å². The van der Waals surface area contributed by atoms with Gasteiger partial charge in [0.2, 0.25) is 5.96 Å². The van der Waals surface area contributed by atoms with E-state index in [4.69, 9.17) is 0 Å². The van der Waals surface area contributed by atoms with Gasteiger partial charge in [-0.1, -0.05) is 38.1 Å². The maximum absolute atomic E-state index is 13.2. The van der Waals surface area contributed by atoms with Crippen LogP contribution in [-0.4, -0.2) is 36.6 Å². The van der Waals surface area contributed by atoms with Gasteiger partial charge < -0.3 is 16.0 Å². The van der Waals surface area contributed by atoms with Gasteiger partial charge in [0, 0.05) is 30.4 Å². The molecule has 1 heterocycles. The Morgan fingerprint density at radius 2 is 1.91 bits per heavy atom. The average molecular weight is 443 g/mol. The third-order valence-electron chi connectivity index (χ3n) is 4.82. The second kappa shape index (κ2) is 12.6. The number of carbonyl (C=O) groups excluding carboxylic acids is 1. The Morgan fingerprint density at radius 1 is 1.19 bits per heavy atom. The molecule has 0 aliphatic rings. The van der Waals surface area contributed by atoms with Crippen molar-refractivity contribution in [1.82, 2.24) is 20.9 Å². The van der Waals surface area contributed by atoms with E-state index in [1.807, 2.05) is 20.8 Å². The molecule has 2 rings (SSSR count). The maximum atomic E-state index is 13.2. The van der Waals surface area contributed by atoms with E-state index in [-0.39, 0.29) is 12.2 Å². The molecule has 0 radical (unpaired) electrons. The van der Waals surface area contributed by atoms with Crippen LogP contribution >= 0.6 is 0 Å². The molecular weight excluding hydrogens is 411 g/mol. The van der Waals surface area contributed by atoms with Gasteiger partial charge in [-0.05, 0) is 49.2 Å². The molecule has 0 spiro atoms. The van der Waals surface area contributed by atoms with Crippen LogP contribution in [0, 0.1) is 16.6 Å². The molecule has 2 unspecified atom stereocenters. The second-order valence-corrected chi connectivity index (χ2v) is 7.82. The first-order valence-corrected chi connectivity index (χ1v) is 10.7. The molecule has 0 bridgehead atoms. The summed E-state index contributed by atoms with van der Waals surface area (Å²) in [6, 6.07) is 8.32. The highest BCUT2D eigenvalue weighted by Crippen LogP contribution is 2.22. The van der Waals surface area contributed by atoms with Crippen molar-refractivity contribution in [3.8, 4) is 0 Å². The monoisotopic (exact) mass is 442 g/mol. The molecular formula is C23H31FN6O2. The van der Waals surface area contributed by atoms with E-state index in [9.17, 15) is 14.1 Å². The van der Waals surface area contributed by atoms with Gasteiger partial charge in [0.05, 0.1) is 6.17 Å². The fourth-order valence-electron chi connectivity index (χ4n) is 2.96. The van der Waals surface area contributed by atoms with Gasteiger partial charge in [-0.25, -0.2) is 4.39 Å². The summed E-state index contributed by atoms with van der Waals surface area (Å²) >= 11 is 0. The summed E-state index contributed by atoms with van der Waals surface area (Å²) < 4.78 is 13.2. The van der Waals surface area contributed by atoms with Gasteiger partial charge in [0.25, 0.3) is 5.91 Å². The fourth-order valence-corrected chi connectivity index (χ4v) is 2.96. The van der Waals surface area contributed by atoms with Crippen LogP contribution in [0.1, 0.15) is 54.8 Å². The normalized spacial score (nSPS) is 13.5. The number of benzene rings is 1. The number of carbonyl (C=O) groups is 1. The van der Waals surface area contributed by atoms with E-state index in [1.165, 1.54) is 12.1 Å². The van der Waals surface area contributed by atoms with Crippen molar-refractivity contribution in [2.75, 3.05) is 13.6 Å². The summed E-state index contributed by atoms with van der Waals surface area (Å²) in [5.74, 6) is -0.169. The highest BCUT2D eigenvalue weighted by molar-refractivity contribution is 6.02. The molecule has 0 fully saturated rings. The largest absolute Gasteiger partial charge is 0.356 e. The highest BCUT2D eigenvalue weighted by Gasteiger charge is 2.20. The number of amides is 1. The number of guanidine groups is 1. The van der Waals surface area contributed by atoms with Crippen LogP contribution in [0.2, 0.25) is 0 Å². The molecule has 0 aliphatic carbocycles. The summed E-state index contributed by atoms with van der Waals surface area (Å²) in [5.41, 5.74) is 1.86. The minimum atomic E-state index is -0.699. The number of rotatable bonds is 10. The molecule has 0 aliphatic heterocycles. The van der Waals surface area contributed by atoms with Crippen molar-refractivity contribution in [2.24, 2.45) is 16.1 Å². The molecule has 1 aromatic carbocycles. The average Bonchev–Trinajstić information content (AvgIpc) is 2.80. The lowest BCUT2D eigenvalue weighted by molar-refractivity contribution is 0.100. The number of nitrogens with one attached hydrogen (secondary N) is 3. The first-order valence-electron chi connectivity index (χ1n) is 10.7. The van der Waals surface area contributed by atoms with Crippen molar-refractivity contribution < 1.29 is 9.18 Å². The Balaban J connectivity index is 2.20. The second-order valence-electron chi connectivity index (χ2n) is 7.82. The molecule has 172 valence electrons. The Labute approximate surface area is 188 Å². The van der Waals surface area contributed by atoms with Crippen molar-refractivity contribution in [2.45, 2.75) is 45.8 Å². The Morgan fingerprint density at radius 3 is 2.50 bits per heavy atom. The molecule has 3 N–H and O–H groups in total. The van der Waals surface area contributed by atoms with E-state index >= 15 is 0 Å². The first kappa shape index (κ1) is 25.1. The van der Waals surface area contributed by atoms with Crippen molar-refractivity contribution in [3.63, 3.8) is 0 Å². The molecule has 1 aromatic heterocycles. The zero-order chi connectivity index (χ0) is 23.5. The summed E-state index contributed by atoms with van der Waals surface area (Å²) in [6.45, 7) is 6.64. The fraction of sp³-hybridized carbons (Fsp3) is 0.435. The van der Waals surface area contributed by atoms with Crippen molar-refractivity contribution in [1.29, 1.82) is 0 Å². The standard InChI is InChI=1S/C23H31FN6O2/c1-5-19-12-17(10-11-26-19)22(31)29-23(27-14-15(2)3)28-21(25-4)13-20(30-32)16-6-8-18(24)9-7-16/h6-12,15,20-21,25H,5,13-14H2,1-4H3,(H2,27,28,29,31). The summed E-state index contributed by atoms with van der Waals surface area (Å²) in [6.07, 6.45) is 2.16. The van der Waals surface area contributed by atoms with Gasteiger partial charge in [0.15, 0.2) is 0 Å². The summed E-state index contributed by atoms with van der Waals surface area (Å²) in [5, 5.41) is 12.6. The molecule has 1 amide bonds. The van der Waals surface area contributed by atoms with E-state index in [0.29, 0.717) is 36.0 Å². The predicted octanol–water partition coefficient (Wildman–Crippen LogP) is 3.56. The van der Waals surface area contributed by atoms with Gasteiger partial charge in [-0.2, -0.15) is 9.90 Å². The number of pyridine rings is 1. The molecule has 0 saturated heterocycles. The SMILES string of the molecule is CCc1cc(C(=O)/N=C(/NCC(C)C)NC(CC(N=O)c2ccc(F)cc2)NC)ccn1. The molecule has 0 saturated carbocycles. The zero-order valence-corrected chi connectivity index (χ0v) is 18.9. The number of hydrogen-bond donors (Lipinski definition) is 3. The lowest BCUT2D eigenvalue weighted by Crippen LogP contribution is -2.50. The number of nitroso groups, excluding NO2 is 1. The van der Waals surface area contributed by atoms with Crippen molar-refractivity contribution >= 4 is 11.9 Å². The number of aromatic nitrogens is 1. The Kier molecular flexibility index (Phi) is 9.87. The topological polar surface area (TPSA) is 108 Å². The van der Waals surface area contributed by atoms with Crippen LogP contribution in [0.25, 0.3) is 0 Å². The number of aliphatic imine (C=N–C) groups is 1. The number of nitrogens with zero attached hydrogens (tertiary/aromatic N) is 3. The lowest BCUT2D eigenvalue weighted by atomic mass is 10.0. The number of hydrogen-bond acceptors (Lipinski definition) is 5. The quantitative estimate of drug-likeness (QED) is 0.225. The summed E-state index contributed by atoms with van der Waals surface area (Å²) in [4.78, 5) is 32.7. The van der Waals surface area contributed by atoms with Crippen LogP contribution in [0.5, 0.6) is 0 Å². The van der Waals surface area contributed by atoms with Crippen molar-refractivity contribution in [3.05, 3.63) is 70.1 Å². The minimum absolute atomic E-state index is 0.275. The van der Waals surface area contributed by atoms with E-state index in [0.717, 1.165) is 5.69 Å². The van der Waals surface area contributed by atoms with Crippen LogP contribution in [0.4, 0.5) is 4.39 Å². The van der Waals surface area contributed by atoms with Gasteiger partial charge >= 0.3 is 0 Å². The van der Waals surface area contributed by atoms with Gasteiger partial charge in [0.1, 0.15) is 11.9 Å². The van der Waals surface area contributed by atoms with Crippen LogP contribution in [0.15, 0.2) is 52.8 Å². The minimum Gasteiger partial charge on any atom is -0.356 e. The number of halogens is 1. The highest BCUT2D eigenvalue weighted by atomic mass is 19.1. The molecule has 9 heteroatoms. The molecule has 32 heavy (non-hydrogen) atoms. The van der Waals surface area contributed by atoms with E-state index in [2.05, 4.69) is 31.1 Å². The maximum Gasteiger partial charge on any atom is 0.280 e. The third-order valence-corrected chi connectivity index (χ3v) is 4.82. The summed E-state index contributed by atoms with van der Waals surface area (Å²) in [7, 11) is 1.72. The predicted molar refractivity (Wildman–Crippen MR) is 124 cm³/mol. The van der Waals surface area contributed by atoms with Crippen LogP contribution in [-0.2, 0) is 6.42 Å². The van der Waals surface area contributed by atoms with Gasteiger partial charge in [-0.3, -0.25) is 9.78 Å². The molecule has 2 atom stereocenters. The number of aryl methyl sites for hydroxylation is 1. The molecule has 2 aromatic rings. The van der Waals surface area contributed by atoms with Crippen LogP contribution < -0.4 is 16.0 Å². The first-order chi connectivity index (χ1) is 15.4.